The van der Waals surface area contributed by atoms with E-state index in [1.165, 1.54) is 0 Å². The van der Waals surface area contributed by atoms with E-state index >= 15 is 0 Å². The van der Waals surface area contributed by atoms with Gasteiger partial charge in [0, 0.05) is 29.7 Å². The maximum Gasteiger partial charge on any atom is 0.338 e. The van der Waals surface area contributed by atoms with Gasteiger partial charge in [0.1, 0.15) is 0 Å². The third kappa shape index (κ3) is 1.69. The van der Waals surface area contributed by atoms with Gasteiger partial charge in [-0.1, -0.05) is 6.07 Å². The highest BCUT2D eigenvalue weighted by Crippen LogP contribution is 2.31. The quantitative estimate of drug-likeness (QED) is 0.762. The zero-order valence-electron chi connectivity index (χ0n) is 10.4. The molecule has 3 aromatic rings. The van der Waals surface area contributed by atoms with Crippen LogP contribution in [0.1, 0.15) is 15.9 Å². The average Bonchev–Trinajstić information content (AvgIpc) is 2.74. The van der Waals surface area contributed by atoms with Gasteiger partial charge < -0.3 is 9.51 Å². The van der Waals surface area contributed by atoms with Crippen molar-refractivity contribution in [2.45, 2.75) is 6.92 Å². The monoisotopic (exact) mass is 252 g/mol. The van der Waals surface area contributed by atoms with Crippen molar-refractivity contribution in [2.24, 2.45) is 0 Å². The number of carboxylic acid groups (broad SMARTS) is 1. The lowest BCUT2D eigenvalue weighted by Crippen LogP contribution is -2.00. The fraction of sp³-hybridized carbons (Fsp3) is 0.0667. The molecular weight excluding hydrogens is 240 g/mol. The first kappa shape index (κ1) is 11.5. The second-order valence-electron chi connectivity index (χ2n) is 4.35. The Bertz CT molecular complexity index is 760. The first-order valence-corrected chi connectivity index (χ1v) is 5.93. The number of nitrogens with zero attached hydrogens (tertiary/aromatic N) is 2. The van der Waals surface area contributed by atoms with Gasteiger partial charge >= 0.3 is 5.97 Å². The number of aromatic carboxylic acids is 1. The van der Waals surface area contributed by atoms with Crippen LogP contribution in [0, 0.1) is 6.92 Å². The van der Waals surface area contributed by atoms with Crippen LogP contribution in [0.3, 0.4) is 0 Å². The minimum atomic E-state index is -0.909. The lowest BCUT2D eigenvalue weighted by atomic mass is 10.1. The van der Waals surface area contributed by atoms with Crippen LogP contribution >= 0.6 is 0 Å². The number of pyridine rings is 2. The molecule has 0 amide bonds. The molecule has 0 aromatic carbocycles. The molecule has 0 atom stereocenters. The molecule has 4 heteroatoms. The van der Waals surface area contributed by atoms with E-state index in [0.29, 0.717) is 11.3 Å². The van der Waals surface area contributed by atoms with Crippen molar-refractivity contribution >= 4 is 11.5 Å². The Kier molecular flexibility index (Phi) is 2.56. The molecule has 0 fully saturated rings. The van der Waals surface area contributed by atoms with E-state index in [-0.39, 0.29) is 0 Å². The van der Waals surface area contributed by atoms with Crippen LogP contribution < -0.4 is 0 Å². The molecular formula is C15H12N2O2. The summed E-state index contributed by atoms with van der Waals surface area (Å²) in [6, 6.07) is 9.36. The summed E-state index contributed by atoms with van der Waals surface area (Å²) < 4.78 is 1.91. The summed E-state index contributed by atoms with van der Waals surface area (Å²) in [7, 11) is 0. The number of rotatable bonds is 2. The van der Waals surface area contributed by atoms with Crippen LogP contribution in [0.15, 0.2) is 48.9 Å². The predicted octanol–water partition coefficient (Wildman–Crippen LogP) is 3.01. The molecule has 3 aromatic heterocycles. The van der Waals surface area contributed by atoms with Gasteiger partial charge in [0.25, 0.3) is 0 Å². The van der Waals surface area contributed by atoms with Crippen molar-refractivity contribution in [1.82, 2.24) is 9.38 Å². The Morgan fingerprint density at radius 2 is 1.95 bits per heavy atom. The molecule has 94 valence electrons. The molecule has 0 saturated heterocycles. The smallest absolute Gasteiger partial charge is 0.338 e. The van der Waals surface area contributed by atoms with Gasteiger partial charge in [0.05, 0.1) is 11.3 Å². The van der Waals surface area contributed by atoms with Crippen molar-refractivity contribution in [3.63, 3.8) is 0 Å². The summed E-state index contributed by atoms with van der Waals surface area (Å²) in [6.45, 7) is 1.84. The van der Waals surface area contributed by atoms with Crippen LogP contribution in [0.4, 0.5) is 0 Å². The zero-order chi connectivity index (χ0) is 13.4. The van der Waals surface area contributed by atoms with Gasteiger partial charge in [0.2, 0.25) is 0 Å². The fourth-order valence-corrected chi connectivity index (χ4v) is 2.42. The van der Waals surface area contributed by atoms with Crippen LogP contribution in [0.5, 0.6) is 0 Å². The zero-order valence-corrected chi connectivity index (χ0v) is 10.4. The van der Waals surface area contributed by atoms with Gasteiger partial charge in [-0.2, -0.15) is 0 Å². The largest absolute Gasteiger partial charge is 0.478 e. The molecule has 3 heterocycles. The molecule has 4 nitrogen and oxygen atoms in total. The number of hydrogen-bond acceptors (Lipinski definition) is 2. The van der Waals surface area contributed by atoms with E-state index < -0.39 is 5.97 Å². The number of carboxylic acids is 1. The van der Waals surface area contributed by atoms with Crippen molar-refractivity contribution in [2.75, 3.05) is 0 Å². The molecule has 19 heavy (non-hydrogen) atoms. The van der Waals surface area contributed by atoms with Gasteiger partial charge in [-0.15, -0.1) is 0 Å². The fourth-order valence-electron chi connectivity index (χ4n) is 2.42. The maximum absolute atomic E-state index is 11.6. The number of hydrogen-bond donors (Lipinski definition) is 1. The van der Waals surface area contributed by atoms with E-state index in [0.717, 1.165) is 16.6 Å². The topological polar surface area (TPSA) is 54.6 Å². The first-order valence-electron chi connectivity index (χ1n) is 5.93. The second-order valence-corrected chi connectivity index (χ2v) is 4.35. The van der Waals surface area contributed by atoms with Crippen LogP contribution in [-0.2, 0) is 0 Å². The number of aromatic nitrogens is 2. The summed E-state index contributed by atoms with van der Waals surface area (Å²) in [5, 5.41) is 9.48. The van der Waals surface area contributed by atoms with Crippen molar-refractivity contribution in [1.29, 1.82) is 0 Å². The third-order valence-electron chi connectivity index (χ3n) is 3.26. The molecule has 0 saturated carbocycles. The number of aryl methyl sites for hydroxylation is 1. The maximum atomic E-state index is 11.6. The highest BCUT2D eigenvalue weighted by atomic mass is 16.4. The van der Waals surface area contributed by atoms with Crippen molar-refractivity contribution in [3.05, 3.63) is 60.0 Å². The molecule has 0 aliphatic heterocycles. The summed E-state index contributed by atoms with van der Waals surface area (Å²) in [5.74, 6) is -0.909. The normalized spacial score (nSPS) is 10.8. The molecule has 0 aliphatic carbocycles. The number of fused-ring (bicyclic) bond motifs is 1. The number of carbonyl (C=O) groups is 1. The van der Waals surface area contributed by atoms with E-state index in [4.69, 9.17) is 0 Å². The van der Waals surface area contributed by atoms with Gasteiger partial charge in [0.15, 0.2) is 0 Å². The van der Waals surface area contributed by atoms with E-state index in [2.05, 4.69) is 4.98 Å². The summed E-state index contributed by atoms with van der Waals surface area (Å²) in [5.41, 5.74) is 3.58. The standard InChI is InChI=1S/C15H12N2O2/c1-10-12-4-2-3-9-17(12)14(13(10)15(18)19)11-5-7-16-8-6-11/h2-9H,1H3,(H,18,19). The summed E-state index contributed by atoms with van der Waals surface area (Å²) in [4.78, 5) is 15.5. The SMILES string of the molecule is Cc1c(C(=O)O)c(-c2ccncc2)n2ccccc12. The molecule has 0 spiro atoms. The predicted molar refractivity (Wildman–Crippen MR) is 72.3 cm³/mol. The lowest BCUT2D eigenvalue weighted by Gasteiger charge is -2.04. The molecule has 1 N–H and O–H groups in total. The van der Waals surface area contributed by atoms with Crippen molar-refractivity contribution < 1.29 is 9.90 Å². The third-order valence-corrected chi connectivity index (χ3v) is 3.26. The molecule has 3 rings (SSSR count). The molecule has 0 aliphatic rings. The van der Waals surface area contributed by atoms with Gasteiger partial charge in [-0.3, -0.25) is 4.98 Å². The molecule has 0 radical (unpaired) electrons. The highest BCUT2D eigenvalue weighted by Gasteiger charge is 2.21. The Hall–Kier alpha value is -2.62. The van der Waals surface area contributed by atoms with Crippen LogP contribution in [0.25, 0.3) is 16.8 Å². The summed E-state index contributed by atoms with van der Waals surface area (Å²) in [6.07, 6.45) is 5.21. The lowest BCUT2D eigenvalue weighted by molar-refractivity contribution is 0.0697. The van der Waals surface area contributed by atoms with E-state index in [1.807, 2.05) is 47.9 Å². The molecule has 0 unspecified atom stereocenters. The average molecular weight is 252 g/mol. The molecule has 0 bridgehead atoms. The van der Waals surface area contributed by atoms with E-state index in [9.17, 15) is 9.90 Å². The minimum Gasteiger partial charge on any atom is -0.478 e. The highest BCUT2D eigenvalue weighted by molar-refractivity contribution is 6.00. The van der Waals surface area contributed by atoms with Crippen LogP contribution in [-0.4, -0.2) is 20.5 Å². The second kappa shape index (κ2) is 4.24. The Morgan fingerprint density at radius 1 is 1.21 bits per heavy atom. The van der Waals surface area contributed by atoms with E-state index in [1.54, 1.807) is 12.4 Å². The Balaban J connectivity index is 2.46. The van der Waals surface area contributed by atoms with Crippen LogP contribution in [0.2, 0.25) is 0 Å². The van der Waals surface area contributed by atoms with Crippen molar-refractivity contribution in [3.8, 4) is 11.3 Å². The first-order chi connectivity index (χ1) is 9.20. The Labute approximate surface area is 110 Å². The summed E-state index contributed by atoms with van der Waals surface area (Å²) >= 11 is 0. The Morgan fingerprint density at radius 3 is 2.63 bits per heavy atom. The van der Waals surface area contributed by atoms with Gasteiger partial charge in [-0.25, -0.2) is 4.79 Å². The van der Waals surface area contributed by atoms with Gasteiger partial charge in [-0.05, 0) is 36.8 Å². The minimum absolute atomic E-state index is 0.345.